The van der Waals surface area contributed by atoms with Crippen molar-refractivity contribution in [2.75, 3.05) is 13.2 Å². The molecule has 4 rings (SSSR count). The number of carbonyl (C=O) groups excluding carboxylic acids is 2. The zero-order valence-electron chi connectivity index (χ0n) is 19.0. The summed E-state index contributed by atoms with van der Waals surface area (Å²) in [6.45, 7) is 1.17. The minimum absolute atomic E-state index is 0.0388. The zero-order chi connectivity index (χ0) is 25.4. The van der Waals surface area contributed by atoms with Crippen molar-refractivity contribution in [2.45, 2.75) is 49.9 Å². The number of halogens is 3. The molecule has 1 aliphatic heterocycles. The number of likely N-dealkylation sites (tertiary alicyclic amines) is 1. The predicted octanol–water partition coefficient (Wildman–Crippen LogP) is 4.31. The molecular weight excluding hydrogens is 465 g/mol. The molecule has 2 N–H and O–H groups in total. The Morgan fingerprint density at radius 1 is 1.11 bits per heavy atom. The second-order valence-corrected chi connectivity index (χ2v) is 9.00. The highest BCUT2D eigenvalue weighted by atomic mass is 19.4. The van der Waals surface area contributed by atoms with Gasteiger partial charge in [-0.25, -0.2) is 9.59 Å². The van der Waals surface area contributed by atoms with E-state index < -0.39 is 42.1 Å². The Kier molecular flexibility index (Phi) is 6.48. The number of nitrogens with one attached hydrogen (secondary N) is 1. The molecule has 2 aromatic carbocycles. The molecule has 1 aliphatic carbocycles. The van der Waals surface area contributed by atoms with Gasteiger partial charge in [-0.1, -0.05) is 48.5 Å². The molecule has 0 saturated carbocycles. The number of aliphatic carboxylic acids is 1. The maximum absolute atomic E-state index is 13.7. The van der Waals surface area contributed by atoms with E-state index in [2.05, 4.69) is 0 Å². The molecule has 2 amide bonds. The lowest BCUT2D eigenvalue weighted by atomic mass is 9.98. The van der Waals surface area contributed by atoms with Crippen LogP contribution >= 0.6 is 0 Å². The van der Waals surface area contributed by atoms with E-state index in [4.69, 9.17) is 4.74 Å². The lowest BCUT2D eigenvalue weighted by molar-refractivity contribution is -0.167. The second kappa shape index (κ2) is 9.24. The Morgan fingerprint density at radius 2 is 1.69 bits per heavy atom. The summed E-state index contributed by atoms with van der Waals surface area (Å²) in [5.41, 5.74) is 2.19. The number of fused-ring (bicyclic) bond motifs is 3. The molecule has 0 spiro atoms. The molecule has 2 aliphatic rings. The average Bonchev–Trinajstić information content (AvgIpc) is 3.36. The van der Waals surface area contributed by atoms with E-state index in [1.807, 2.05) is 48.5 Å². The van der Waals surface area contributed by atoms with E-state index in [9.17, 15) is 32.7 Å². The fraction of sp³-hybridized carbons (Fsp3) is 0.400. The number of carboxylic acids is 1. The topological polar surface area (TPSA) is 95.9 Å². The van der Waals surface area contributed by atoms with Crippen LogP contribution in [-0.2, 0) is 14.3 Å². The van der Waals surface area contributed by atoms with Gasteiger partial charge in [-0.15, -0.1) is 0 Å². The van der Waals surface area contributed by atoms with Gasteiger partial charge in [0, 0.05) is 12.5 Å². The molecular formula is C25H25F3N2O5. The van der Waals surface area contributed by atoms with Crippen LogP contribution in [0.5, 0.6) is 0 Å². The maximum atomic E-state index is 13.7. The van der Waals surface area contributed by atoms with Crippen LogP contribution in [0.4, 0.5) is 18.0 Å². The Morgan fingerprint density at radius 3 is 2.23 bits per heavy atom. The van der Waals surface area contributed by atoms with Crippen LogP contribution in [0.15, 0.2) is 48.5 Å². The summed E-state index contributed by atoms with van der Waals surface area (Å²) in [6.07, 6.45) is -6.84. The van der Waals surface area contributed by atoms with E-state index in [-0.39, 0.29) is 25.5 Å². The molecule has 10 heteroatoms. The third kappa shape index (κ3) is 4.69. The molecule has 7 nitrogen and oxygen atoms in total. The van der Waals surface area contributed by atoms with Gasteiger partial charge in [-0.2, -0.15) is 13.2 Å². The number of benzene rings is 2. The summed E-state index contributed by atoms with van der Waals surface area (Å²) in [6, 6.07) is 12.6. The third-order valence-electron chi connectivity index (χ3n) is 6.81. The first kappa shape index (κ1) is 24.6. The molecule has 2 unspecified atom stereocenters. The number of rotatable bonds is 6. The predicted molar refractivity (Wildman–Crippen MR) is 120 cm³/mol. The Bertz CT molecular complexity index is 1110. The number of ether oxygens (including phenoxy) is 1. The number of carboxylic acid groups (broad SMARTS) is 1. The largest absolute Gasteiger partial charge is 0.480 e. The highest BCUT2D eigenvalue weighted by molar-refractivity contribution is 5.88. The van der Waals surface area contributed by atoms with Crippen LogP contribution < -0.4 is 5.32 Å². The van der Waals surface area contributed by atoms with Crippen molar-refractivity contribution < 1.29 is 37.4 Å². The average molecular weight is 490 g/mol. The molecule has 0 radical (unpaired) electrons. The molecule has 2 aromatic rings. The fourth-order valence-electron chi connectivity index (χ4n) is 4.90. The number of alkyl halides is 3. The molecule has 2 atom stereocenters. The van der Waals surface area contributed by atoms with Crippen molar-refractivity contribution in [3.05, 3.63) is 59.7 Å². The Hall–Kier alpha value is -3.56. The van der Waals surface area contributed by atoms with Crippen LogP contribution in [0.3, 0.4) is 0 Å². The van der Waals surface area contributed by atoms with E-state index in [0.29, 0.717) is 6.42 Å². The van der Waals surface area contributed by atoms with Crippen LogP contribution in [0.25, 0.3) is 11.1 Å². The van der Waals surface area contributed by atoms with Crippen molar-refractivity contribution in [1.29, 1.82) is 0 Å². The van der Waals surface area contributed by atoms with Gasteiger partial charge < -0.3 is 20.1 Å². The summed E-state index contributed by atoms with van der Waals surface area (Å²) in [5.74, 6) is -2.61. The molecule has 186 valence electrons. The minimum Gasteiger partial charge on any atom is -0.480 e. The Balaban J connectivity index is 1.43. The summed E-state index contributed by atoms with van der Waals surface area (Å²) in [4.78, 5) is 37.5. The summed E-state index contributed by atoms with van der Waals surface area (Å²) >= 11 is 0. The lowest BCUT2D eigenvalue weighted by Gasteiger charge is -2.32. The van der Waals surface area contributed by atoms with E-state index in [0.717, 1.165) is 27.2 Å². The number of carbonyl (C=O) groups is 3. The minimum atomic E-state index is -4.93. The molecule has 1 fully saturated rings. The van der Waals surface area contributed by atoms with E-state index in [1.165, 1.54) is 6.92 Å². The van der Waals surface area contributed by atoms with Gasteiger partial charge in [0.05, 0.1) is 6.42 Å². The maximum Gasteiger partial charge on any atom is 0.409 e. The van der Waals surface area contributed by atoms with Crippen LogP contribution in [0.1, 0.15) is 43.2 Å². The van der Waals surface area contributed by atoms with Gasteiger partial charge in [0.25, 0.3) is 0 Å². The normalized spacial score (nSPS) is 20.2. The van der Waals surface area contributed by atoms with Gasteiger partial charge in [0.1, 0.15) is 18.2 Å². The SMILES string of the molecule is CC1(C(=O)O)CCCN1C(=O)CC(NC(=O)OCC1c2ccccc2-c2ccccc21)C(F)(F)F. The number of amides is 2. The summed E-state index contributed by atoms with van der Waals surface area (Å²) in [5, 5.41) is 11.2. The third-order valence-corrected chi connectivity index (χ3v) is 6.81. The zero-order valence-corrected chi connectivity index (χ0v) is 19.0. The highest BCUT2D eigenvalue weighted by Crippen LogP contribution is 2.44. The van der Waals surface area contributed by atoms with Crippen LogP contribution in [0.2, 0.25) is 0 Å². The molecule has 0 aromatic heterocycles. The first-order valence-corrected chi connectivity index (χ1v) is 11.2. The first-order chi connectivity index (χ1) is 16.5. The van der Waals surface area contributed by atoms with Crippen molar-refractivity contribution in [1.82, 2.24) is 10.2 Å². The number of hydrogen-bond acceptors (Lipinski definition) is 4. The highest BCUT2D eigenvalue weighted by Gasteiger charge is 2.49. The van der Waals surface area contributed by atoms with Crippen molar-refractivity contribution in [2.24, 2.45) is 0 Å². The van der Waals surface area contributed by atoms with Gasteiger partial charge in [0.15, 0.2) is 0 Å². The van der Waals surface area contributed by atoms with E-state index in [1.54, 1.807) is 5.32 Å². The monoisotopic (exact) mass is 490 g/mol. The van der Waals surface area contributed by atoms with E-state index >= 15 is 0 Å². The fourth-order valence-corrected chi connectivity index (χ4v) is 4.90. The van der Waals surface area contributed by atoms with Crippen LogP contribution in [0, 0.1) is 0 Å². The quantitative estimate of drug-likeness (QED) is 0.629. The van der Waals surface area contributed by atoms with Crippen molar-refractivity contribution in [3.63, 3.8) is 0 Å². The van der Waals surface area contributed by atoms with Gasteiger partial charge in [0.2, 0.25) is 5.91 Å². The molecule has 1 heterocycles. The number of hydrogen-bond donors (Lipinski definition) is 2. The van der Waals surface area contributed by atoms with Crippen molar-refractivity contribution >= 4 is 18.0 Å². The lowest BCUT2D eigenvalue weighted by Crippen LogP contribution is -2.54. The van der Waals surface area contributed by atoms with Gasteiger partial charge in [-0.3, -0.25) is 4.79 Å². The van der Waals surface area contributed by atoms with Crippen LogP contribution in [-0.4, -0.2) is 58.9 Å². The Labute approximate surface area is 199 Å². The molecule has 1 saturated heterocycles. The number of nitrogens with zero attached hydrogens (tertiary/aromatic N) is 1. The smallest absolute Gasteiger partial charge is 0.409 e. The first-order valence-electron chi connectivity index (χ1n) is 11.2. The summed E-state index contributed by atoms with van der Waals surface area (Å²) < 4.78 is 46.2. The second-order valence-electron chi connectivity index (χ2n) is 9.00. The standard InChI is InChI=1S/C25H25F3N2O5/c1-24(22(32)33)11-6-12-30(24)21(31)13-20(25(26,27)28)29-23(34)35-14-19-17-9-4-2-7-15(17)16-8-3-5-10-18(16)19/h2-5,7-10,19-20H,6,11-14H2,1H3,(H,29,34)(H,32,33). The van der Waals surface area contributed by atoms with Crippen molar-refractivity contribution in [3.8, 4) is 11.1 Å². The molecule has 35 heavy (non-hydrogen) atoms. The van der Waals surface area contributed by atoms with Gasteiger partial charge >= 0.3 is 18.2 Å². The molecule has 0 bridgehead atoms. The van der Waals surface area contributed by atoms with Gasteiger partial charge in [-0.05, 0) is 42.0 Å². The number of alkyl carbamates (subject to hydrolysis) is 1. The summed E-state index contributed by atoms with van der Waals surface area (Å²) in [7, 11) is 0.